The van der Waals surface area contributed by atoms with Crippen molar-refractivity contribution in [1.29, 1.82) is 0 Å². The van der Waals surface area contributed by atoms with Gasteiger partial charge in [0.25, 0.3) is 11.8 Å². The Morgan fingerprint density at radius 2 is 1.74 bits per heavy atom. The summed E-state index contributed by atoms with van der Waals surface area (Å²) in [4.78, 5) is 60.0. The topological polar surface area (TPSA) is 139 Å². The molecule has 3 fully saturated rings. The number of carbonyl (C=O) groups is 4. The van der Waals surface area contributed by atoms with E-state index in [2.05, 4.69) is 26.5 Å². The summed E-state index contributed by atoms with van der Waals surface area (Å²) in [6.07, 6.45) is 12.2. The number of pyridine rings is 2. The molecule has 11 heteroatoms. The molecule has 4 amide bonds. The second kappa shape index (κ2) is 9.82. The van der Waals surface area contributed by atoms with E-state index in [1.54, 1.807) is 24.4 Å². The molecule has 0 radical (unpaired) electrons. The van der Waals surface area contributed by atoms with E-state index in [1.807, 2.05) is 24.5 Å². The lowest BCUT2D eigenvalue weighted by atomic mass is 9.80. The van der Waals surface area contributed by atoms with Gasteiger partial charge in [-0.2, -0.15) is 5.10 Å². The average Bonchev–Trinajstić information content (AvgIpc) is 3.70. The average molecular weight is 576 g/mol. The van der Waals surface area contributed by atoms with E-state index in [9.17, 15) is 19.2 Å². The van der Waals surface area contributed by atoms with Crippen LogP contribution in [0.1, 0.15) is 76.9 Å². The Hall–Kier alpha value is -4.93. The van der Waals surface area contributed by atoms with E-state index in [0.29, 0.717) is 17.9 Å². The largest absolute Gasteiger partial charge is 0.385 e. The van der Waals surface area contributed by atoms with Gasteiger partial charge in [-0.25, -0.2) is 0 Å². The van der Waals surface area contributed by atoms with Crippen molar-refractivity contribution in [2.45, 2.75) is 56.5 Å². The van der Waals surface area contributed by atoms with Crippen molar-refractivity contribution in [3.63, 3.8) is 0 Å². The van der Waals surface area contributed by atoms with Gasteiger partial charge >= 0.3 is 0 Å². The van der Waals surface area contributed by atoms with Gasteiger partial charge in [0.2, 0.25) is 11.8 Å². The molecule has 1 unspecified atom stereocenters. The number of hydrogen-bond donors (Lipinski definition) is 2. The summed E-state index contributed by atoms with van der Waals surface area (Å²) in [6, 6.07) is 8.47. The van der Waals surface area contributed by atoms with Gasteiger partial charge in [0, 0.05) is 60.3 Å². The van der Waals surface area contributed by atoms with Crippen LogP contribution in [0.2, 0.25) is 0 Å². The predicted molar refractivity (Wildman–Crippen MR) is 156 cm³/mol. The molecule has 3 aromatic heterocycles. The molecule has 2 aliphatic carbocycles. The summed E-state index contributed by atoms with van der Waals surface area (Å²) in [5.74, 6) is -1.07. The number of piperidine rings is 1. The van der Waals surface area contributed by atoms with Gasteiger partial charge in [0.15, 0.2) is 0 Å². The van der Waals surface area contributed by atoms with Crippen molar-refractivity contribution >= 4 is 40.1 Å². The van der Waals surface area contributed by atoms with Crippen molar-refractivity contribution in [3.8, 4) is 11.3 Å². The molecule has 0 spiro atoms. The Morgan fingerprint density at radius 3 is 2.56 bits per heavy atom. The molecule has 5 heterocycles. The van der Waals surface area contributed by atoms with Crippen molar-refractivity contribution in [2.24, 2.45) is 5.92 Å². The van der Waals surface area contributed by atoms with Crippen LogP contribution in [-0.2, 0) is 9.59 Å². The summed E-state index contributed by atoms with van der Waals surface area (Å²) < 4.78 is 2.12. The zero-order chi connectivity index (χ0) is 29.2. The molecular weight excluding hydrogens is 546 g/mol. The standard InChI is InChI=1S/C32H29N7O4/c40-27-6-5-26(30(41)36-27)39-31(42)22-4-3-20(13-23(22)32(39)43)35-14-17-11-21(12-17)38-16-25(28(37-38)19-1-2-19)29-24-15-33-9-7-18(24)8-10-34-29/h3-4,7-10,13,15-17,19,21,26,35H,1-2,5-6,11-12,14H2,(H,36,40,41)/t17-,21-,26?. The van der Waals surface area contributed by atoms with Crippen LogP contribution in [0.15, 0.2) is 55.1 Å². The number of fused-ring (bicyclic) bond motifs is 2. The first-order valence-electron chi connectivity index (χ1n) is 14.8. The summed E-state index contributed by atoms with van der Waals surface area (Å²) in [7, 11) is 0. The molecule has 2 saturated carbocycles. The fourth-order valence-corrected chi connectivity index (χ4v) is 6.58. The highest BCUT2D eigenvalue weighted by Gasteiger charge is 2.44. The molecule has 43 heavy (non-hydrogen) atoms. The number of anilines is 1. The fraction of sp³-hybridized carbons (Fsp3) is 0.344. The van der Waals surface area contributed by atoms with Gasteiger partial charge < -0.3 is 5.32 Å². The van der Waals surface area contributed by atoms with Crippen LogP contribution in [-0.4, -0.2) is 60.9 Å². The molecule has 2 aliphatic heterocycles. The zero-order valence-electron chi connectivity index (χ0n) is 23.3. The molecule has 2 N–H and O–H groups in total. The van der Waals surface area contributed by atoms with Gasteiger partial charge in [-0.05, 0) is 73.7 Å². The Morgan fingerprint density at radius 1 is 0.930 bits per heavy atom. The molecular formula is C32H29N7O4. The lowest BCUT2D eigenvalue weighted by Crippen LogP contribution is -2.54. The predicted octanol–water partition coefficient (Wildman–Crippen LogP) is 3.84. The Bertz CT molecular complexity index is 1830. The number of amides is 4. The number of hydrogen-bond acceptors (Lipinski definition) is 8. The number of rotatable bonds is 7. The third-order valence-electron chi connectivity index (χ3n) is 9.17. The third-order valence-corrected chi connectivity index (χ3v) is 9.17. The first kappa shape index (κ1) is 25.8. The van der Waals surface area contributed by atoms with Crippen LogP contribution in [0.5, 0.6) is 0 Å². The maximum absolute atomic E-state index is 13.1. The Balaban J connectivity index is 0.935. The SMILES string of the molecule is O=C1CCC(N2C(=O)c3ccc(NC[C@H]4C[C@H](n5cc(-c6nccc7ccncc67)c(C6CC6)n5)C4)cc3C2=O)C(=O)N1. The van der Waals surface area contributed by atoms with Crippen molar-refractivity contribution in [3.05, 3.63) is 71.9 Å². The minimum atomic E-state index is -0.968. The van der Waals surface area contributed by atoms with Crippen LogP contribution in [0.25, 0.3) is 22.0 Å². The third kappa shape index (κ3) is 4.38. The van der Waals surface area contributed by atoms with E-state index in [1.165, 1.54) is 0 Å². The lowest BCUT2D eigenvalue weighted by molar-refractivity contribution is -0.136. The highest BCUT2D eigenvalue weighted by Crippen LogP contribution is 2.46. The molecule has 4 aromatic rings. The number of imide groups is 2. The minimum Gasteiger partial charge on any atom is -0.385 e. The molecule has 0 bridgehead atoms. The summed E-state index contributed by atoms with van der Waals surface area (Å²) >= 11 is 0. The number of carbonyl (C=O) groups excluding carboxylic acids is 4. The van der Waals surface area contributed by atoms with Gasteiger partial charge in [0.1, 0.15) is 6.04 Å². The number of nitrogens with zero attached hydrogens (tertiary/aromatic N) is 5. The second-order valence-corrected chi connectivity index (χ2v) is 12.0. The first-order chi connectivity index (χ1) is 20.9. The maximum Gasteiger partial charge on any atom is 0.262 e. The molecule has 1 aromatic carbocycles. The van der Waals surface area contributed by atoms with Gasteiger partial charge in [-0.1, -0.05) is 0 Å². The second-order valence-electron chi connectivity index (χ2n) is 12.0. The number of nitrogens with one attached hydrogen (secondary N) is 2. The maximum atomic E-state index is 13.1. The van der Waals surface area contributed by atoms with E-state index in [4.69, 9.17) is 10.1 Å². The van der Waals surface area contributed by atoms with E-state index >= 15 is 0 Å². The van der Waals surface area contributed by atoms with Crippen molar-refractivity contribution in [2.75, 3.05) is 11.9 Å². The highest BCUT2D eigenvalue weighted by atomic mass is 16.2. The first-order valence-corrected chi connectivity index (χ1v) is 14.8. The van der Waals surface area contributed by atoms with Crippen molar-refractivity contribution in [1.82, 2.24) is 30.0 Å². The number of benzene rings is 1. The quantitative estimate of drug-likeness (QED) is 0.317. The van der Waals surface area contributed by atoms with Crippen LogP contribution in [0.4, 0.5) is 5.69 Å². The fourth-order valence-electron chi connectivity index (χ4n) is 6.58. The van der Waals surface area contributed by atoms with Crippen molar-refractivity contribution < 1.29 is 19.2 Å². The summed E-state index contributed by atoms with van der Waals surface area (Å²) in [5, 5.41) is 12.9. The summed E-state index contributed by atoms with van der Waals surface area (Å²) in [6.45, 7) is 0.731. The van der Waals surface area contributed by atoms with Crippen LogP contribution < -0.4 is 10.6 Å². The normalized spacial score (nSPS) is 23.3. The molecule has 1 saturated heterocycles. The molecule has 4 aliphatic rings. The Labute approximate surface area is 246 Å². The highest BCUT2D eigenvalue weighted by molar-refractivity contribution is 6.23. The molecule has 11 nitrogen and oxygen atoms in total. The van der Waals surface area contributed by atoms with Gasteiger partial charge in [-0.15, -0.1) is 0 Å². The molecule has 1 atom stereocenters. The van der Waals surface area contributed by atoms with Crippen LogP contribution in [0, 0.1) is 5.92 Å². The molecule has 8 rings (SSSR count). The van der Waals surface area contributed by atoms with Crippen LogP contribution in [0.3, 0.4) is 0 Å². The van der Waals surface area contributed by atoms with E-state index in [0.717, 1.165) is 70.5 Å². The van der Waals surface area contributed by atoms with E-state index in [-0.39, 0.29) is 24.0 Å². The molecule has 216 valence electrons. The lowest BCUT2D eigenvalue weighted by Gasteiger charge is -2.35. The van der Waals surface area contributed by atoms with Gasteiger partial charge in [-0.3, -0.25) is 44.0 Å². The zero-order valence-corrected chi connectivity index (χ0v) is 23.3. The monoisotopic (exact) mass is 575 g/mol. The minimum absolute atomic E-state index is 0.0955. The Kier molecular flexibility index (Phi) is 5.88. The van der Waals surface area contributed by atoms with Gasteiger partial charge in [0.05, 0.1) is 28.6 Å². The summed E-state index contributed by atoms with van der Waals surface area (Å²) in [5.41, 5.74) is 4.49. The smallest absolute Gasteiger partial charge is 0.262 e. The van der Waals surface area contributed by atoms with Crippen LogP contribution >= 0.6 is 0 Å². The number of aromatic nitrogens is 4. The van der Waals surface area contributed by atoms with E-state index < -0.39 is 29.7 Å².